The summed E-state index contributed by atoms with van der Waals surface area (Å²) in [7, 11) is 0. The van der Waals surface area contributed by atoms with E-state index in [0.29, 0.717) is 0 Å². The molecule has 0 radical (unpaired) electrons. The number of halogens is 3. The Balaban J connectivity index is 2.19. The van der Waals surface area contributed by atoms with E-state index in [0.717, 1.165) is 0 Å². The van der Waals surface area contributed by atoms with Gasteiger partial charge in [-0.05, 0) is 12.1 Å². The van der Waals surface area contributed by atoms with Gasteiger partial charge in [0.1, 0.15) is 16.6 Å². The SMILES string of the molecule is O=C(Nc1ccccc1OC(F)F)c1cncc(Cl)n1. The smallest absolute Gasteiger partial charge is 0.387 e. The highest BCUT2D eigenvalue weighted by atomic mass is 35.5. The fourth-order valence-electron chi connectivity index (χ4n) is 1.41. The van der Waals surface area contributed by atoms with Crippen molar-refractivity contribution in [3.05, 3.63) is 47.5 Å². The number of alkyl halides is 2. The van der Waals surface area contributed by atoms with Crippen LogP contribution in [-0.4, -0.2) is 22.5 Å². The Morgan fingerprint density at radius 2 is 2.05 bits per heavy atom. The van der Waals surface area contributed by atoms with E-state index in [1.807, 2.05) is 0 Å². The number of hydrogen-bond donors (Lipinski definition) is 1. The molecular formula is C12H8ClF2N3O2. The third-order valence-electron chi connectivity index (χ3n) is 2.19. The molecule has 1 N–H and O–H groups in total. The van der Waals surface area contributed by atoms with E-state index in [9.17, 15) is 13.6 Å². The highest BCUT2D eigenvalue weighted by Crippen LogP contribution is 2.25. The first-order valence-corrected chi connectivity index (χ1v) is 5.77. The largest absolute Gasteiger partial charge is 0.433 e. The molecule has 0 aliphatic heterocycles. The van der Waals surface area contributed by atoms with Gasteiger partial charge in [-0.25, -0.2) is 4.98 Å². The number of amides is 1. The van der Waals surface area contributed by atoms with E-state index in [1.165, 1.54) is 30.6 Å². The summed E-state index contributed by atoms with van der Waals surface area (Å²) < 4.78 is 28.8. The predicted octanol–water partition coefficient (Wildman–Crippen LogP) is 2.98. The van der Waals surface area contributed by atoms with Gasteiger partial charge in [0.2, 0.25) is 0 Å². The van der Waals surface area contributed by atoms with E-state index in [2.05, 4.69) is 20.0 Å². The zero-order chi connectivity index (χ0) is 14.5. The zero-order valence-corrected chi connectivity index (χ0v) is 10.6. The summed E-state index contributed by atoms with van der Waals surface area (Å²) in [5, 5.41) is 2.45. The topological polar surface area (TPSA) is 64.1 Å². The molecule has 0 spiro atoms. The molecule has 0 saturated heterocycles. The molecule has 0 aliphatic carbocycles. The van der Waals surface area contributed by atoms with Crippen LogP contribution < -0.4 is 10.1 Å². The zero-order valence-electron chi connectivity index (χ0n) is 9.89. The van der Waals surface area contributed by atoms with Crippen molar-refractivity contribution < 1.29 is 18.3 Å². The van der Waals surface area contributed by atoms with Crippen LogP contribution >= 0.6 is 11.6 Å². The molecular weight excluding hydrogens is 292 g/mol. The van der Waals surface area contributed by atoms with Crippen molar-refractivity contribution in [3.63, 3.8) is 0 Å². The van der Waals surface area contributed by atoms with Gasteiger partial charge in [-0.3, -0.25) is 9.78 Å². The van der Waals surface area contributed by atoms with Gasteiger partial charge in [0.15, 0.2) is 0 Å². The number of para-hydroxylation sites is 2. The molecule has 104 valence electrons. The van der Waals surface area contributed by atoms with Crippen LogP contribution in [-0.2, 0) is 0 Å². The van der Waals surface area contributed by atoms with Crippen LogP contribution in [0.5, 0.6) is 5.75 Å². The van der Waals surface area contributed by atoms with Crippen LogP contribution in [0.4, 0.5) is 14.5 Å². The summed E-state index contributed by atoms with van der Waals surface area (Å²) in [4.78, 5) is 19.4. The molecule has 2 rings (SSSR count). The molecule has 1 heterocycles. The Bertz CT molecular complexity index is 625. The van der Waals surface area contributed by atoms with Crippen molar-refractivity contribution in [1.29, 1.82) is 0 Å². The van der Waals surface area contributed by atoms with Crippen LogP contribution in [0.25, 0.3) is 0 Å². The third-order valence-corrected chi connectivity index (χ3v) is 2.37. The number of rotatable bonds is 4. The lowest BCUT2D eigenvalue weighted by molar-refractivity contribution is -0.0493. The first kappa shape index (κ1) is 14.1. The Labute approximate surface area is 117 Å². The number of anilines is 1. The molecule has 1 aromatic carbocycles. The van der Waals surface area contributed by atoms with Crippen molar-refractivity contribution in [2.24, 2.45) is 0 Å². The fraction of sp³-hybridized carbons (Fsp3) is 0.0833. The maximum Gasteiger partial charge on any atom is 0.387 e. The summed E-state index contributed by atoms with van der Waals surface area (Å²) >= 11 is 5.61. The Kier molecular flexibility index (Phi) is 4.41. The quantitative estimate of drug-likeness (QED) is 0.942. The van der Waals surface area contributed by atoms with Crippen LogP contribution in [0, 0.1) is 0 Å². The summed E-state index contributed by atoms with van der Waals surface area (Å²) in [6, 6.07) is 5.81. The van der Waals surface area contributed by atoms with E-state index >= 15 is 0 Å². The first-order chi connectivity index (χ1) is 9.56. The number of nitrogens with zero attached hydrogens (tertiary/aromatic N) is 2. The normalized spacial score (nSPS) is 10.4. The van der Waals surface area contributed by atoms with Crippen LogP contribution in [0.3, 0.4) is 0 Å². The van der Waals surface area contributed by atoms with E-state index < -0.39 is 12.5 Å². The Morgan fingerprint density at radius 3 is 2.75 bits per heavy atom. The summed E-state index contributed by atoms with van der Waals surface area (Å²) in [5.41, 5.74) is 0.0592. The molecule has 0 aliphatic rings. The van der Waals surface area contributed by atoms with E-state index in [1.54, 1.807) is 6.07 Å². The first-order valence-electron chi connectivity index (χ1n) is 5.39. The van der Waals surface area contributed by atoms with E-state index in [4.69, 9.17) is 11.6 Å². The Morgan fingerprint density at radius 1 is 1.30 bits per heavy atom. The van der Waals surface area contributed by atoms with Crippen LogP contribution in [0.1, 0.15) is 10.5 Å². The van der Waals surface area contributed by atoms with Crippen molar-refractivity contribution >= 4 is 23.2 Å². The number of benzene rings is 1. The molecule has 0 saturated carbocycles. The van der Waals surface area contributed by atoms with Crippen LogP contribution in [0.2, 0.25) is 5.15 Å². The average Bonchev–Trinajstić information content (AvgIpc) is 2.40. The number of ether oxygens (including phenoxy) is 1. The van der Waals surface area contributed by atoms with Crippen molar-refractivity contribution in [1.82, 2.24) is 9.97 Å². The summed E-state index contributed by atoms with van der Waals surface area (Å²) in [6.07, 6.45) is 2.48. The lowest BCUT2D eigenvalue weighted by atomic mass is 10.3. The summed E-state index contributed by atoms with van der Waals surface area (Å²) in [6.45, 7) is -2.99. The van der Waals surface area contributed by atoms with Crippen LogP contribution in [0.15, 0.2) is 36.7 Å². The van der Waals surface area contributed by atoms with Gasteiger partial charge in [-0.2, -0.15) is 8.78 Å². The van der Waals surface area contributed by atoms with Gasteiger partial charge in [0, 0.05) is 0 Å². The van der Waals surface area contributed by atoms with E-state index in [-0.39, 0.29) is 22.3 Å². The van der Waals surface area contributed by atoms with Crippen molar-refractivity contribution in [3.8, 4) is 5.75 Å². The number of carbonyl (C=O) groups is 1. The van der Waals surface area contributed by atoms with Gasteiger partial charge in [0.05, 0.1) is 18.1 Å². The molecule has 1 amide bonds. The second-order valence-corrected chi connectivity index (χ2v) is 3.94. The minimum Gasteiger partial charge on any atom is -0.433 e. The van der Waals surface area contributed by atoms with Gasteiger partial charge >= 0.3 is 6.61 Å². The molecule has 1 aromatic heterocycles. The number of hydrogen-bond acceptors (Lipinski definition) is 4. The molecule has 0 fully saturated rings. The molecule has 5 nitrogen and oxygen atoms in total. The minimum atomic E-state index is -2.99. The molecule has 0 atom stereocenters. The van der Waals surface area contributed by atoms with Gasteiger partial charge in [-0.1, -0.05) is 23.7 Å². The van der Waals surface area contributed by atoms with Gasteiger partial charge in [0.25, 0.3) is 5.91 Å². The molecule has 2 aromatic rings. The molecule has 20 heavy (non-hydrogen) atoms. The number of aromatic nitrogens is 2. The Hall–Kier alpha value is -2.28. The lowest BCUT2D eigenvalue weighted by Crippen LogP contribution is -2.15. The highest BCUT2D eigenvalue weighted by Gasteiger charge is 2.14. The van der Waals surface area contributed by atoms with Gasteiger partial charge in [-0.15, -0.1) is 0 Å². The standard InChI is InChI=1S/C12H8ClF2N3O2/c13-10-6-16-5-8(17-10)11(19)18-7-3-1-2-4-9(7)20-12(14)15/h1-6,12H,(H,18,19). The average molecular weight is 300 g/mol. The lowest BCUT2D eigenvalue weighted by Gasteiger charge is -2.11. The highest BCUT2D eigenvalue weighted by molar-refractivity contribution is 6.29. The predicted molar refractivity (Wildman–Crippen MR) is 68.1 cm³/mol. The molecule has 8 heteroatoms. The van der Waals surface area contributed by atoms with Crippen molar-refractivity contribution in [2.45, 2.75) is 6.61 Å². The monoisotopic (exact) mass is 299 g/mol. The maximum absolute atomic E-state index is 12.2. The van der Waals surface area contributed by atoms with Crippen molar-refractivity contribution in [2.75, 3.05) is 5.32 Å². The number of nitrogens with one attached hydrogen (secondary N) is 1. The fourth-order valence-corrected chi connectivity index (χ4v) is 1.55. The second-order valence-electron chi connectivity index (χ2n) is 3.56. The maximum atomic E-state index is 12.2. The van der Waals surface area contributed by atoms with Gasteiger partial charge < -0.3 is 10.1 Å². The molecule has 0 bridgehead atoms. The summed E-state index contributed by atoms with van der Waals surface area (Å²) in [5.74, 6) is -0.781. The number of carbonyl (C=O) groups excluding carboxylic acids is 1. The minimum absolute atomic E-state index is 0.0376. The third kappa shape index (κ3) is 3.61. The second kappa shape index (κ2) is 6.25. The molecule has 0 unspecified atom stereocenters.